The van der Waals surface area contributed by atoms with Gasteiger partial charge < -0.3 is 24.1 Å². The molecule has 0 radical (unpaired) electrons. The maximum absolute atomic E-state index is 10.8. The summed E-state index contributed by atoms with van der Waals surface area (Å²) in [7, 11) is 0. The number of hydrogen-bond donors (Lipinski definition) is 2. The summed E-state index contributed by atoms with van der Waals surface area (Å²) in [4.78, 5) is 10.8. The van der Waals surface area contributed by atoms with E-state index in [1.807, 2.05) is 0 Å². The molecule has 0 saturated carbocycles. The molecule has 0 saturated heterocycles. The monoisotopic (exact) mass is 276 g/mol. The topological polar surface area (TPSA) is 89.1 Å². The molecule has 1 aromatic heterocycles. The summed E-state index contributed by atoms with van der Waals surface area (Å²) >= 11 is 0. The molecular formula is C14H12O6. The Balaban J connectivity index is 1.89. The highest BCUT2D eigenvalue weighted by Gasteiger charge is 2.20. The van der Waals surface area contributed by atoms with E-state index in [0.717, 1.165) is 0 Å². The van der Waals surface area contributed by atoms with E-state index in [0.29, 0.717) is 30.3 Å². The Labute approximate surface area is 114 Å². The highest BCUT2D eigenvalue weighted by Crippen LogP contribution is 2.34. The second kappa shape index (κ2) is 4.90. The first-order valence-electron chi connectivity index (χ1n) is 6.06. The lowest BCUT2D eigenvalue weighted by molar-refractivity contribution is 0.0655. The van der Waals surface area contributed by atoms with Crippen molar-refractivity contribution in [3.05, 3.63) is 47.4 Å². The van der Waals surface area contributed by atoms with Gasteiger partial charge in [-0.25, -0.2) is 4.79 Å². The number of rotatable bonds is 3. The van der Waals surface area contributed by atoms with Crippen LogP contribution in [-0.2, 0) is 0 Å². The summed E-state index contributed by atoms with van der Waals surface area (Å²) in [5.41, 5.74) is 0.542. The van der Waals surface area contributed by atoms with Crippen LogP contribution in [0.2, 0.25) is 0 Å². The Morgan fingerprint density at radius 3 is 2.55 bits per heavy atom. The minimum Gasteiger partial charge on any atom is -0.486 e. The van der Waals surface area contributed by atoms with Crippen LogP contribution >= 0.6 is 0 Å². The summed E-state index contributed by atoms with van der Waals surface area (Å²) in [6.07, 6.45) is -1.06. The molecule has 0 amide bonds. The van der Waals surface area contributed by atoms with Gasteiger partial charge >= 0.3 is 5.97 Å². The van der Waals surface area contributed by atoms with Gasteiger partial charge in [0.05, 0.1) is 0 Å². The van der Waals surface area contributed by atoms with Crippen LogP contribution in [-0.4, -0.2) is 29.4 Å². The van der Waals surface area contributed by atoms with Crippen LogP contribution in [0.15, 0.2) is 34.7 Å². The number of aliphatic hydroxyl groups excluding tert-OH is 1. The van der Waals surface area contributed by atoms with Gasteiger partial charge in [0.15, 0.2) is 11.5 Å². The first-order chi connectivity index (χ1) is 9.65. The standard InChI is InChI=1S/C14H12O6/c15-13(10-3-4-11(20-10)14(16)17)8-1-2-9-12(7-8)19-6-5-18-9/h1-4,7,13,15H,5-6H2,(H,16,17). The Morgan fingerprint density at radius 2 is 1.85 bits per heavy atom. The molecule has 2 heterocycles. The van der Waals surface area contributed by atoms with Gasteiger partial charge in [0.1, 0.15) is 25.1 Å². The van der Waals surface area contributed by atoms with Gasteiger partial charge in [-0.1, -0.05) is 6.07 Å². The molecule has 1 aliphatic rings. The number of furan rings is 1. The van der Waals surface area contributed by atoms with Gasteiger partial charge in [0.25, 0.3) is 0 Å². The maximum Gasteiger partial charge on any atom is 0.371 e. The number of benzene rings is 1. The average Bonchev–Trinajstić information content (AvgIpc) is 2.96. The fourth-order valence-corrected chi connectivity index (χ4v) is 2.01. The van der Waals surface area contributed by atoms with E-state index in [2.05, 4.69) is 0 Å². The zero-order chi connectivity index (χ0) is 14.1. The normalized spacial score (nSPS) is 14.8. The Kier molecular flexibility index (Phi) is 3.08. The molecule has 6 nitrogen and oxygen atoms in total. The van der Waals surface area contributed by atoms with Crippen molar-refractivity contribution in [2.45, 2.75) is 6.10 Å². The molecule has 0 fully saturated rings. The fraction of sp³-hybridized carbons (Fsp3) is 0.214. The number of carboxylic acid groups (broad SMARTS) is 1. The molecule has 2 aromatic rings. The van der Waals surface area contributed by atoms with Crippen LogP contribution < -0.4 is 9.47 Å². The molecule has 1 aliphatic heterocycles. The molecule has 104 valence electrons. The zero-order valence-electron chi connectivity index (χ0n) is 10.4. The van der Waals surface area contributed by atoms with Crippen molar-refractivity contribution in [1.82, 2.24) is 0 Å². The van der Waals surface area contributed by atoms with Crippen molar-refractivity contribution in [3.63, 3.8) is 0 Å². The number of carboxylic acids is 1. The van der Waals surface area contributed by atoms with Crippen molar-refractivity contribution in [3.8, 4) is 11.5 Å². The van der Waals surface area contributed by atoms with Crippen LogP contribution in [0.4, 0.5) is 0 Å². The first kappa shape index (κ1) is 12.6. The van der Waals surface area contributed by atoms with E-state index in [-0.39, 0.29) is 11.5 Å². The number of carbonyl (C=O) groups is 1. The van der Waals surface area contributed by atoms with Gasteiger partial charge in [0, 0.05) is 0 Å². The van der Waals surface area contributed by atoms with Crippen LogP contribution in [0.3, 0.4) is 0 Å². The summed E-state index contributed by atoms with van der Waals surface area (Å²) < 4.78 is 15.9. The SMILES string of the molecule is O=C(O)c1ccc(C(O)c2ccc3c(c2)OCCO3)o1. The zero-order valence-corrected chi connectivity index (χ0v) is 10.4. The smallest absolute Gasteiger partial charge is 0.371 e. The predicted octanol–water partition coefficient (Wildman–Crippen LogP) is 1.83. The fourth-order valence-electron chi connectivity index (χ4n) is 2.01. The Hall–Kier alpha value is -2.47. The van der Waals surface area contributed by atoms with Crippen molar-refractivity contribution in [2.24, 2.45) is 0 Å². The Morgan fingerprint density at radius 1 is 1.10 bits per heavy atom. The summed E-state index contributed by atoms with van der Waals surface area (Å²) in [6.45, 7) is 0.950. The van der Waals surface area contributed by atoms with E-state index in [9.17, 15) is 9.90 Å². The number of ether oxygens (including phenoxy) is 2. The minimum absolute atomic E-state index is 0.166. The van der Waals surface area contributed by atoms with E-state index in [1.54, 1.807) is 18.2 Å². The summed E-state index contributed by atoms with van der Waals surface area (Å²) in [5, 5.41) is 19.0. The maximum atomic E-state index is 10.8. The van der Waals surface area contributed by atoms with E-state index >= 15 is 0 Å². The lowest BCUT2D eigenvalue weighted by atomic mass is 10.1. The lowest BCUT2D eigenvalue weighted by Gasteiger charge is -2.19. The number of aliphatic hydroxyl groups is 1. The molecule has 3 rings (SSSR count). The summed E-state index contributed by atoms with van der Waals surface area (Å²) in [5.74, 6) is -0.0445. The molecule has 0 aliphatic carbocycles. The van der Waals surface area contributed by atoms with Crippen LogP contribution in [0, 0.1) is 0 Å². The Bertz CT molecular complexity index is 645. The van der Waals surface area contributed by atoms with Crippen molar-refractivity contribution < 1.29 is 28.9 Å². The molecule has 0 bridgehead atoms. The first-order valence-corrected chi connectivity index (χ1v) is 6.06. The predicted molar refractivity (Wildman–Crippen MR) is 67.2 cm³/mol. The van der Waals surface area contributed by atoms with E-state index in [1.165, 1.54) is 12.1 Å². The molecule has 1 aromatic carbocycles. The van der Waals surface area contributed by atoms with Crippen molar-refractivity contribution in [1.29, 1.82) is 0 Å². The third-order valence-corrected chi connectivity index (χ3v) is 2.99. The van der Waals surface area contributed by atoms with Crippen molar-refractivity contribution in [2.75, 3.05) is 13.2 Å². The van der Waals surface area contributed by atoms with Crippen LogP contribution in [0.5, 0.6) is 11.5 Å². The molecule has 20 heavy (non-hydrogen) atoms. The second-order valence-electron chi connectivity index (χ2n) is 4.31. The van der Waals surface area contributed by atoms with Gasteiger partial charge in [-0.2, -0.15) is 0 Å². The van der Waals surface area contributed by atoms with Gasteiger partial charge in [-0.15, -0.1) is 0 Å². The van der Waals surface area contributed by atoms with E-state index < -0.39 is 12.1 Å². The van der Waals surface area contributed by atoms with Crippen molar-refractivity contribution >= 4 is 5.97 Å². The third-order valence-electron chi connectivity index (χ3n) is 2.99. The number of aromatic carboxylic acids is 1. The lowest BCUT2D eigenvalue weighted by Crippen LogP contribution is -2.15. The molecule has 1 unspecified atom stereocenters. The largest absolute Gasteiger partial charge is 0.486 e. The highest BCUT2D eigenvalue weighted by atomic mass is 16.6. The second-order valence-corrected chi connectivity index (χ2v) is 4.31. The molecule has 1 atom stereocenters. The molecule has 6 heteroatoms. The summed E-state index contributed by atoms with van der Waals surface area (Å²) in [6, 6.07) is 7.78. The quantitative estimate of drug-likeness (QED) is 0.889. The molecule has 0 spiro atoms. The minimum atomic E-state index is -1.18. The van der Waals surface area contributed by atoms with Crippen LogP contribution in [0.25, 0.3) is 0 Å². The average molecular weight is 276 g/mol. The van der Waals surface area contributed by atoms with Gasteiger partial charge in [-0.05, 0) is 29.8 Å². The van der Waals surface area contributed by atoms with Crippen LogP contribution in [0.1, 0.15) is 28.0 Å². The molecule has 2 N–H and O–H groups in total. The van der Waals surface area contributed by atoms with E-state index in [4.69, 9.17) is 19.0 Å². The van der Waals surface area contributed by atoms with Gasteiger partial charge in [-0.3, -0.25) is 0 Å². The highest BCUT2D eigenvalue weighted by molar-refractivity contribution is 5.84. The number of fused-ring (bicyclic) bond motifs is 1. The third kappa shape index (κ3) is 2.21. The molecular weight excluding hydrogens is 264 g/mol. The number of hydrogen-bond acceptors (Lipinski definition) is 5. The van der Waals surface area contributed by atoms with Gasteiger partial charge in [0.2, 0.25) is 5.76 Å².